The molecule has 1 fully saturated rings. The SMILES string of the molecule is CC1(C)CCC(NS(=O)(=O)c2c[nH]c3cc(N)ccc23)C1. The lowest BCUT2D eigenvalue weighted by Gasteiger charge is -2.17. The van der Waals surface area contributed by atoms with Crippen molar-refractivity contribution in [3.63, 3.8) is 0 Å². The lowest BCUT2D eigenvalue weighted by Crippen LogP contribution is -2.33. The van der Waals surface area contributed by atoms with Crippen molar-refractivity contribution in [2.75, 3.05) is 5.73 Å². The number of hydrogen-bond donors (Lipinski definition) is 3. The summed E-state index contributed by atoms with van der Waals surface area (Å²) < 4.78 is 28.0. The highest BCUT2D eigenvalue weighted by atomic mass is 32.2. The third-order valence-electron chi connectivity index (χ3n) is 4.25. The number of fused-ring (bicyclic) bond motifs is 1. The molecule has 0 radical (unpaired) electrons. The summed E-state index contributed by atoms with van der Waals surface area (Å²) in [4.78, 5) is 3.27. The van der Waals surface area contributed by atoms with Crippen molar-refractivity contribution in [2.45, 2.75) is 44.0 Å². The van der Waals surface area contributed by atoms with Gasteiger partial charge in [-0.25, -0.2) is 13.1 Å². The Morgan fingerprint density at radius 3 is 2.81 bits per heavy atom. The first-order chi connectivity index (χ1) is 9.77. The van der Waals surface area contributed by atoms with Crippen molar-refractivity contribution < 1.29 is 8.42 Å². The number of sulfonamides is 1. The quantitative estimate of drug-likeness (QED) is 0.762. The van der Waals surface area contributed by atoms with E-state index in [1.54, 1.807) is 18.2 Å². The van der Waals surface area contributed by atoms with Crippen LogP contribution in [-0.2, 0) is 10.0 Å². The summed E-state index contributed by atoms with van der Waals surface area (Å²) in [5.41, 5.74) is 7.28. The molecule has 0 spiro atoms. The summed E-state index contributed by atoms with van der Waals surface area (Å²) in [6.45, 7) is 4.35. The van der Waals surface area contributed by atoms with Gasteiger partial charge in [-0.3, -0.25) is 0 Å². The van der Waals surface area contributed by atoms with E-state index in [4.69, 9.17) is 5.73 Å². The highest BCUT2D eigenvalue weighted by Crippen LogP contribution is 2.37. The fourth-order valence-electron chi connectivity index (χ4n) is 3.16. The molecule has 1 atom stereocenters. The fraction of sp³-hybridized carbons (Fsp3) is 0.467. The average molecular weight is 307 g/mol. The normalized spacial score (nSPS) is 21.9. The minimum Gasteiger partial charge on any atom is -0.399 e. The maximum atomic E-state index is 12.6. The molecule has 1 unspecified atom stereocenters. The summed E-state index contributed by atoms with van der Waals surface area (Å²) >= 11 is 0. The Morgan fingerprint density at radius 2 is 2.14 bits per heavy atom. The molecule has 3 rings (SSSR count). The number of nitrogen functional groups attached to an aromatic ring is 1. The van der Waals surface area contributed by atoms with Gasteiger partial charge in [0.25, 0.3) is 0 Å². The number of H-pyrrole nitrogens is 1. The summed E-state index contributed by atoms with van der Waals surface area (Å²) in [6.07, 6.45) is 4.35. The second-order valence-corrected chi connectivity index (χ2v) is 8.37. The van der Waals surface area contributed by atoms with Gasteiger partial charge in [0, 0.05) is 28.8 Å². The molecule has 1 heterocycles. The molecule has 1 aliphatic rings. The Hall–Kier alpha value is -1.53. The molecule has 0 amide bonds. The molecule has 5 nitrogen and oxygen atoms in total. The third kappa shape index (κ3) is 2.78. The number of nitrogens with one attached hydrogen (secondary N) is 2. The molecule has 21 heavy (non-hydrogen) atoms. The van der Waals surface area contributed by atoms with E-state index in [2.05, 4.69) is 23.6 Å². The van der Waals surface area contributed by atoms with E-state index in [0.29, 0.717) is 16.0 Å². The van der Waals surface area contributed by atoms with Crippen LogP contribution in [0.1, 0.15) is 33.1 Å². The largest absolute Gasteiger partial charge is 0.399 e. The van der Waals surface area contributed by atoms with Crippen LogP contribution in [0.4, 0.5) is 5.69 Å². The van der Waals surface area contributed by atoms with E-state index in [-0.39, 0.29) is 11.5 Å². The van der Waals surface area contributed by atoms with Crippen LogP contribution in [-0.4, -0.2) is 19.4 Å². The van der Waals surface area contributed by atoms with Gasteiger partial charge in [0.2, 0.25) is 10.0 Å². The van der Waals surface area contributed by atoms with Crippen LogP contribution in [0, 0.1) is 5.41 Å². The lowest BCUT2D eigenvalue weighted by atomic mass is 9.92. The molecular formula is C15H21N3O2S. The van der Waals surface area contributed by atoms with Gasteiger partial charge in [-0.05, 0) is 42.9 Å². The average Bonchev–Trinajstić information content (AvgIpc) is 2.92. The van der Waals surface area contributed by atoms with E-state index in [9.17, 15) is 8.42 Å². The number of rotatable bonds is 3. The van der Waals surface area contributed by atoms with Crippen LogP contribution in [0.25, 0.3) is 10.9 Å². The molecule has 4 N–H and O–H groups in total. The topological polar surface area (TPSA) is 88.0 Å². The van der Waals surface area contributed by atoms with Crippen LogP contribution < -0.4 is 10.5 Å². The van der Waals surface area contributed by atoms with Crippen molar-refractivity contribution in [1.82, 2.24) is 9.71 Å². The molecule has 0 aliphatic heterocycles. The second-order valence-electron chi connectivity index (χ2n) is 6.68. The predicted octanol–water partition coefficient (Wildman–Crippen LogP) is 2.61. The molecule has 0 bridgehead atoms. The molecule has 2 aromatic rings. The van der Waals surface area contributed by atoms with Crippen LogP contribution in [0.3, 0.4) is 0 Å². The van der Waals surface area contributed by atoms with Crippen molar-refractivity contribution in [3.05, 3.63) is 24.4 Å². The van der Waals surface area contributed by atoms with Gasteiger partial charge >= 0.3 is 0 Å². The number of benzene rings is 1. The molecule has 6 heteroatoms. The third-order valence-corrected chi connectivity index (χ3v) is 5.81. The first kappa shape index (κ1) is 14.4. The van der Waals surface area contributed by atoms with Crippen molar-refractivity contribution >= 4 is 26.6 Å². The van der Waals surface area contributed by atoms with Crippen LogP contribution in [0.2, 0.25) is 0 Å². The van der Waals surface area contributed by atoms with E-state index in [0.717, 1.165) is 24.8 Å². The summed E-state index contributed by atoms with van der Waals surface area (Å²) in [5, 5.41) is 0.675. The molecule has 1 aliphatic carbocycles. The van der Waals surface area contributed by atoms with Gasteiger partial charge in [-0.1, -0.05) is 13.8 Å². The van der Waals surface area contributed by atoms with Gasteiger partial charge in [0.15, 0.2) is 0 Å². The monoisotopic (exact) mass is 307 g/mol. The van der Waals surface area contributed by atoms with Gasteiger partial charge in [0.05, 0.1) is 0 Å². The fourth-order valence-corrected chi connectivity index (χ4v) is 4.61. The number of nitrogens with two attached hydrogens (primary N) is 1. The highest BCUT2D eigenvalue weighted by molar-refractivity contribution is 7.89. The maximum Gasteiger partial charge on any atom is 0.242 e. The van der Waals surface area contributed by atoms with E-state index >= 15 is 0 Å². The Morgan fingerprint density at radius 1 is 1.38 bits per heavy atom. The maximum absolute atomic E-state index is 12.6. The van der Waals surface area contributed by atoms with Gasteiger partial charge in [-0.2, -0.15) is 0 Å². The predicted molar refractivity (Wildman–Crippen MR) is 84.5 cm³/mol. The lowest BCUT2D eigenvalue weighted by molar-refractivity contribution is 0.372. The Bertz CT molecular complexity index is 777. The van der Waals surface area contributed by atoms with Crippen molar-refractivity contribution in [3.8, 4) is 0 Å². The standard InChI is InChI=1S/C15H21N3O2S/c1-15(2)6-5-11(8-15)18-21(19,20)14-9-17-13-7-10(16)3-4-12(13)14/h3-4,7,9,11,17-18H,5-6,8,16H2,1-2H3. The molecule has 1 aromatic carbocycles. The summed E-state index contributed by atoms with van der Waals surface area (Å²) in [6, 6.07) is 5.22. The van der Waals surface area contributed by atoms with Gasteiger partial charge < -0.3 is 10.7 Å². The first-order valence-electron chi connectivity index (χ1n) is 7.16. The van der Waals surface area contributed by atoms with E-state index in [1.165, 1.54) is 6.20 Å². The Balaban J connectivity index is 1.90. The second kappa shape index (κ2) is 4.74. The van der Waals surface area contributed by atoms with E-state index < -0.39 is 10.0 Å². The Kier molecular flexibility index (Phi) is 3.26. The molecule has 1 saturated carbocycles. The minimum absolute atomic E-state index is 0.0173. The zero-order chi connectivity index (χ0) is 15.3. The first-order valence-corrected chi connectivity index (χ1v) is 8.64. The molecule has 114 valence electrons. The van der Waals surface area contributed by atoms with Gasteiger partial charge in [-0.15, -0.1) is 0 Å². The summed E-state index contributed by atoms with van der Waals surface area (Å²) in [5.74, 6) is 0. The van der Waals surface area contributed by atoms with Gasteiger partial charge in [0.1, 0.15) is 4.90 Å². The number of hydrogen-bond acceptors (Lipinski definition) is 3. The molecule has 1 aromatic heterocycles. The molecular weight excluding hydrogens is 286 g/mol. The zero-order valence-corrected chi connectivity index (χ0v) is 13.1. The van der Waals surface area contributed by atoms with Crippen molar-refractivity contribution in [1.29, 1.82) is 0 Å². The highest BCUT2D eigenvalue weighted by Gasteiger charge is 2.34. The Labute approximate surface area is 125 Å². The van der Waals surface area contributed by atoms with Crippen LogP contribution in [0.15, 0.2) is 29.3 Å². The number of aromatic nitrogens is 1. The number of anilines is 1. The smallest absolute Gasteiger partial charge is 0.242 e. The van der Waals surface area contributed by atoms with E-state index in [1.807, 2.05) is 0 Å². The summed E-state index contributed by atoms with van der Waals surface area (Å²) in [7, 11) is -3.51. The molecule has 0 saturated heterocycles. The zero-order valence-electron chi connectivity index (χ0n) is 12.3. The van der Waals surface area contributed by atoms with Crippen LogP contribution in [0.5, 0.6) is 0 Å². The van der Waals surface area contributed by atoms with Crippen molar-refractivity contribution in [2.24, 2.45) is 5.41 Å². The minimum atomic E-state index is -3.51. The van der Waals surface area contributed by atoms with Crippen LogP contribution >= 0.6 is 0 Å². The number of aromatic amines is 1.